The highest BCUT2D eigenvalue weighted by Gasteiger charge is 2.30. The van der Waals surface area contributed by atoms with Crippen LogP contribution in [0.4, 0.5) is 5.82 Å². The Labute approximate surface area is 209 Å². The monoisotopic (exact) mass is 506 g/mol. The molecule has 1 aromatic carbocycles. The number of rotatable bonds is 11. The molecule has 1 atom stereocenters. The Hall–Kier alpha value is -4.09. The third-order valence-corrected chi connectivity index (χ3v) is 7.16. The number of hydrogen-bond acceptors (Lipinski definition) is 9. The smallest absolute Gasteiger partial charge is 0.325 e. The van der Waals surface area contributed by atoms with E-state index in [1.165, 1.54) is 18.5 Å². The van der Waals surface area contributed by atoms with Gasteiger partial charge in [-0.05, 0) is 55.0 Å². The number of carbonyl (C=O) groups excluding carboxylic acids is 1. The van der Waals surface area contributed by atoms with Gasteiger partial charge in [0.25, 0.3) is 0 Å². The highest BCUT2D eigenvalue weighted by molar-refractivity contribution is 7.91. The van der Waals surface area contributed by atoms with Crippen molar-refractivity contribution in [3.63, 3.8) is 0 Å². The summed E-state index contributed by atoms with van der Waals surface area (Å²) in [4.78, 5) is 20.2. The SMILES string of the molecule is CCOC(=O)CNc1cccc(C(NCc2ccc(-n3cccn3)cc2)S(=O)(=O)c2cccnc2)n1. The minimum Gasteiger partial charge on any atom is -0.465 e. The van der Waals surface area contributed by atoms with E-state index >= 15 is 0 Å². The molecule has 0 fully saturated rings. The van der Waals surface area contributed by atoms with E-state index in [1.54, 1.807) is 42.1 Å². The summed E-state index contributed by atoms with van der Waals surface area (Å²) >= 11 is 0. The molecule has 186 valence electrons. The van der Waals surface area contributed by atoms with Crippen LogP contribution in [0.1, 0.15) is 23.6 Å². The van der Waals surface area contributed by atoms with Crippen molar-refractivity contribution in [1.29, 1.82) is 0 Å². The molecule has 0 saturated carbocycles. The molecule has 0 aliphatic rings. The van der Waals surface area contributed by atoms with Crippen LogP contribution in [0.2, 0.25) is 0 Å². The predicted octanol–water partition coefficient (Wildman–Crippen LogP) is 2.90. The van der Waals surface area contributed by atoms with Crippen molar-refractivity contribution in [3.05, 3.63) is 96.7 Å². The van der Waals surface area contributed by atoms with E-state index in [9.17, 15) is 13.2 Å². The van der Waals surface area contributed by atoms with Crippen LogP contribution in [0.3, 0.4) is 0 Å². The first-order valence-corrected chi connectivity index (χ1v) is 12.8. The molecule has 0 aliphatic carbocycles. The first-order valence-electron chi connectivity index (χ1n) is 11.3. The van der Waals surface area contributed by atoms with Crippen molar-refractivity contribution in [2.24, 2.45) is 0 Å². The summed E-state index contributed by atoms with van der Waals surface area (Å²) < 4.78 is 33.8. The molecular weight excluding hydrogens is 480 g/mol. The molecule has 0 spiro atoms. The molecule has 2 N–H and O–H groups in total. The zero-order valence-corrected chi connectivity index (χ0v) is 20.4. The molecule has 0 saturated heterocycles. The summed E-state index contributed by atoms with van der Waals surface area (Å²) in [5.41, 5.74) is 2.06. The second-order valence-electron chi connectivity index (χ2n) is 7.72. The standard InChI is InChI=1S/C25H26N6O4S/c1-2-35-24(32)18-27-23-8-3-7-22(30-23)25(36(33,34)21-6-4-13-26-17-21)28-16-19-9-11-20(12-10-19)31-15-5-14-29-31/h3-15,17,25,28H,2,16,18H2,1H3,(H,27,30). The second-order valence-corrected chi connectivity index (χ2v) is 9.75. The van der Waals surface area contributed by atoms with Crippen LogP contribution in [-0.4, -0.2) is 47.3 Å². The van der Waals surface area contributed by atoms with Gasteiger partial charge in [-0.2, -0.15) is 5.10 Å². The Kier molecular flexibility index (Phi) is 8.03. The average molecular weight is 507 g/mol. The topological polar surface area (TPSA) is 128 Å². The predicted molar refractivity (Wildman–Crippen MR) is 134 cm³/mol. The molecule has 0 amide bonds. The number of sulfone groups is 1. The third kappa shape index (κ3) is 6.12. The molecule has 0 aliphatic heterocycles. The number of carbonyl (C=O) groups is 1. The number of hydrogen-bond donors (Lipinski definition) is 2. The fourth-order valence-electron chi connectivity index (χ4n) is 3.49. The van der Waals surface area contributed by atoms with E-state index in [0.717, 1.165) is 11.3 Å². The second kappa shape index (κ2) is 11.6. The Balaban J connectivity index is 1.58. The van der Waals surface area contributed by atoms with Gasteiger partial charge in [-0.25, -0.2) is 18.1 Å². The van der Waals surface area contributed by atoms with E-state index in [4.69, 9.17) is 4.74 Å². The molecule has 11 heteroatoms. The van der Waals surface area contributed by atoms with E-state index in [1.807, 2.05) is 36.5 Å². The van der Waals surface area contributed by atoms with Crippen LogP contribution in [0, 0.1) is 0 Å². The first kappa shape index (κ1) is 25.0. The van der Waals surface area contributed by atoms with Gasteiger partial charge in [-0.1, -0.05) is 18.2 Å². The number of pyridine rings is 2. The molecule has 36 heavy (non-hydrogen) atoms. The molecule has 3 aromatic heterocycles. The molecular formula is C25H26N6O4S. The summed E-state index contributed by atoms with van der Waals surface area (Å²) in [6.45, 7) is 2.18. The lowest BCUT2D eigenvalue weighted by Crippen LogP contribution is -2.30. The molecule has 1 unspecified atom stereocenters. The van der Waals surface area contributed by atoms with Crippen LogP contribution in [0.25, 0.3) is 5.69 Å². The van der Waals surface area contributed by atoms with Crippen molar-refractivity contribution in [1.82, 2.24) is 25.1 Å². The van der Waals surface area contributed by atoms with Crippen LogP contribution in [-0.2, 0) is 25.9 Å². The molecule has 3 heterocycles. The van der Waals surface area contributed by atoms with Gasteiger partial charge in [0.1, 0.15) is 12.4 Å². The zero-order valence-electron chi connectivity index (χ0n) is 19.6. The van der Waals surface area contributed by atoms with E-state index in [-0.39, 0.29) is 30.3 Å². The van der Waals surface area contributed by atoms with E-state index in [2.05, 4.69) is 25.7 Å². The van der Waals surface area contributed by atoms with Gasteiger partial charge in [-0.3, -0.25) is 15.1 Å². The van der Waals surface area contributed by atoms with Crippen LogP contribution in [0.5, 0.6) is 0 Å². The van der Waals surface area contributed by atoms with Gasteiger partial charge in [0.05, 0.1) is 22.9 Å². The normalized spacial score (nSPS) is 12.1. The van der Waals surface area contributed by atoms with Crippen molar-refractivity contribution in [3.8, 4) is 5.69 Å². The average Bonchev–Trinajstić information content (AvgIpc) is 3.44. The lowest BCUT2D eigenvalue weighted by molar-refractivity contribution is -0.140. The lowest BCUT2D eigenvalue weighted by Gasteiger charge is -2.20. The van der Waals surface area contributed by atoms with E-state index in [0.29, 0.717) is 5.82 Å². The van der Waals surface area contributed by atoms with Crippen molar-refractivity contribution >= 4 is 21.6 Å². The Bertz CT molecular complexity index is 1380. The fourth-order valence-corrected chi connectivity index (χ4v) is 4.99. The highest BCUT2D eigenvalue weighted by atomic mass is 32.2. The summed E-state index contributed by atoms with van der Waals surface area (Å²) in [7, 11) is -3.89. The molecule has 4 aromatic rings. The number of ether oxygens (including phenoxy) is 1. The van der Waals surface area contributed by atoms with Crippen LogP contribution in [0.15, 0.2) is 90.3 Å². The van der Waals surface area contributed by atoms with Gasteiger partial charge >= 0.3 is 5.97 Å². The summed E-state index contributed by atoms with van der Waals surface area (Å²) in [6, 6.07) is 17.5. The van der Waals surface area contributed by atoms with Crippen LogP contribution >= 0.6 is 0 Å². The lowest BCUT2D eigenvalue weighted by atomic mass is 10.2. The summed E-state index contributed by atoms with van der Waals surface area (Å²) in [6.07, 6.45) is 6.37. The Morgan fingerprint density at radius 1 is 1.06 bits per heavy atom. The number of nitrogens with one attached hydrogen (secondary N) is 2. The maximum atomic E-state index is 13.6. The number of benzene rings is 1. The quantitative estimate of drug-likeness (QED) is 0.295. The maximum Gasteiger partial charge on any atom is 0.325 e. The number of esters is 1. The Morgan fingerprint density at radius 2 is 1.89 bits per heavy atom. The number of nitrogens with zero attached hydrogens (tertiary/aromatic N) is 4. The minimum absolute atomic E-state index is 0.0724. The molecule has 0 radical (unpaired) electrons. The summed E-state index contributed by atoms with van der Waals surface area (Å²) in [5.74, 6) is -0.0711. The molecule has 4 rings (SSSR count). The van der Waals surface area contributed by atoms with Gasteiger partial charge in [0.15, 0.2) is 5.37 Å². The number of anilines is 1. The minimum atomic E-state index is -3.89. The van der Waals surface area contributed by atoms with Gasteiger partial charge < -0.3 is 10.1 Å². The summed E-state index contributed by atoms with van der Waals surface area (Å²) in [5, 5.41) is 9.08. The van der Waals surface area contributed by atoms with Gasteiger partial charge in [-0.15, -0.1) is 0 Å². The molecule has 10 nitrogen and oxygen atoms in total. The van der Waals surface area contributed by atoms with Crippen LogP contribution < -0.4 is 10.6 Å². The highest BCUT2D eigenvalue weighted by Crippen LogP contribution is 2.26. The van der Waals surface area contributed by atoms with Crippen molar-refractivity contribution < 1.29 is 17.9 Å². The van der Waals surface area contributed by atoms with Crippen molar-refractivity contribution in [2.75, 3.05) is 18.5 Å². The third-order valence-electron chi connectivity index (χ3n) is 5.23. The van der Waals surface area contributed by atoms with Gasteiger partial charge in [0.2, 0.25) is 9.84 Å². The maximum absolute atomic E-state index is 13.6. The largest absolute Gasteiger partial charge is 0.465 e. The Morgan fingerprint density at radius 3 is 2.58 bits per heavy atom. The fraction of sp³-hybridized carbons (Fsp3) is 0.200. The van der Waals surface area contributed by atoms with Crippen molar-refractivity contribution in [2.45, 2.75) is 23.7 Å². The number of aromatic nitrogens is 4. The van der Waals surface area contributed by atoms with E-state index < -0.39 is 21.2 Å². The van der Waals surface area contributed by atoms with Gasteiger partial charge in [0, 0.05) is 31.3 Å². The first-order chi connectivity index (χ1) is 17.5. The zero-order chi connectivity index (χ0) is 25.4. The molecule has 0 bridgehead atoms.